The highest BCUT2D eigenvalue weighted by Gasteiger charge is 2.22. The molecule has 3 nitrogen and oxygen atoms in total. The molecule has 2 N–H and O–H groups in total. The SMILES string of the molecule is Cc1cc(Cl)ccc1NC(=O)CC(C)C1CCCNC1.Cl. The Kier molecular flexibility index (Phi) is 7.50. The Morgan fingerprint density at radius 2 is 2.29 bits per heavy atom. The number of hydrogen-bond donors (Lipinski definition) is 2. The van der Waals surface area contributed by atoms with Gasteiger partial charge in [0.2, 0.25) is 5.91 Å². The molecule has 1 fully saturated rings. The van der Waals surface area contributed by atoms with Gasteiger partial charge < -0.3 is 10.6 Å². The molecule has 2 unspecified atom stereocenters. The predicted octanol–water partition coefficient (Wildman–Crippen LogP) is 4.03. The van der Waals surface area contributed by atoms with Gasteiger partial charge in [-0.15, -0.1) is 12.4 Å². The zero-order chi connectivity index (χ0) is 14.5. The second-order valence-electron chi connectivity index (χ2n) is 5.80. The van der Waals surface area contributed by atoms with Gasteiger partial charge in [-0.3, -0.25) is 4.79 Å². The first-order chi connectivity index (χ1) is 9.56. The number of halogens is 2. The molecule has 1 saturated heterocycles. The molecule has 1 heterocycles. The monoisotopic (exact) mass is 330 g/mol. The van der Waals surface area contributed by atoms with Gasteiger partial charge in [0.1, 0.15) is 0 Å². The highest BCUT2D eigenvalue weighted by Crippen LogP contribution is 2.24. The highest BCUT2D eigenvalue weighted by atomic mass is 35.5. The largest absolute Gasteiger partial charge is 0.326 e. The highest BCUT2D eigenvalue weighted by molar-refractivity contribution is 6.30. The molecule has 5 heteroatoms. The zero-order valence-corrected chi connectivity index (χ0v) is 14.2. The maximum atomic E-state index is 12.1. The Labute approximate surface area is 138 Å². The molecule has 0 aliphatic carbocycles. The molecule has 1 aromatic carbocycles. The van der Waals surface area contributed by atoms with Crippen molar-refractivity contribution in [2.45, 2.75) is 33.1 Å². The van der Waals surface area contributed by atoms with Crippen molar-refractivity contribution in [1.82, 2.24) is 5.32 Å². The molecule has 0 radical (unpaired) electrons. The fourth-order valence-electron chi connectivity index (χ4n) is 2.79. The third kappa shape index (κ3) is 5.50. The Hall–Kier alpha value is -0.770. The molecule has 1 aliphatic rings. The number of aryl methyl sites for hydroxylation is 1. The molecule has 1 amide bonds. The van der Waals surface area contributed by atoms with E-state index in [1.165, 1.54) is 12.8 Å². The third-order valence-corrected chi connectivity index (χ3v) is 4.34. The van der Waals surface area contributed by atoms with Crippen LogP contribution in [0, 0.1) is 18.8 Å². The standard InChI is InChI=1S/C16H23ClN2O.ClH/c1-11(13-4-3-7-18-10-13)9-16(20)19-15-6-5-14(17)8-12(15)2;/h5-6,8,11,13,18H,3-4,7,9-10H2,1-2H3,(H,19,20);1H. The Bertz CT molecular complexity index is 473. The minimum absolute atomic E-state index is 0. The number of benzene rings is 1. The predicted molar refractivity (Wildman–Crippen MR) is 91.4 cm³/mol. The maximum absolute atomic E-state index is 12.1. The molecule has 21 heavy (non-hydrogen) atoms. The lowest BCUT2D eigenvalue weighted by Crippen LogP contribution is -2.34. The zero-order valence-electron chi connectivity index (χ0n) is 12.6. The van der Waals surface area contributed by atoms with E-state index in [9.17, 15) is 4.79 Å². The second kappa shape index (κ2) is 8.62. The van der Waals surface area contributed by atoms with E-state index in [-0.39, 0.29) is 18.3 Å². The number of piperidine rings is 1. The summed E-state index contributed by atoms with van der Waals surface area (Å²) in [5, 5.41) is 7.09. The van der Waals surface area contributed by atoms with Gasteiger partial charge in [0.05, 0.1) is 0 Å². The summed E-state index contributed by atoms with van der Waals surface area (Å²) in [6, 6.07) is 5.53. The van der Waals surface area contributed by atoms with Crippen molar-refractivity contribution < 1.29 is 4.79 Å². The summed E-state index contributed by atoms with van der Waals surface area (Å²) in [5.74, 6) is 1.12. The molecular formula is C16H24Cl2N2O. The fourth-order valence-corrected chi connectivity index (χ4v) is 3.02. The molecule has 2 atom stereocenters. The van der Waals surface area contributed by atoms with Crippen LogP contribution in [0.4, 0.5) is 5.69 Å². The van der Waals surface area contributed by atoms with Gasteiger partial charge in [0.15, 0.2) is 0 Å². The van der Waals surface area contributed by atoms with Crippen molar-refractivity contribution in [3.8, 4) is 0 Å². The molecule has 118 valence electrons. The smallest absolute Gasteiger partial charge is 0.224 e. The summed E-state index contributed by atoms with van der Waals surface area (Å²) in [6.45, 7) is 6.27. The van der Waals surface area contributed by atoms with Gasteiger partial charge in [-0.05, 0) is 68.5 Å². The normalized spacial score (nSPS) is 19.5. The minimum atomic E-state index is 0. The molecule has 1 aromatic rings. The topological polar surface area (TPSA) is 41.1 Å². The number of hydrogen-bond acceptors (Lipinski definition) is 2. The second-order valence-corrected chi connectivity index (χ2v) is 6.23. The first-order valence-electron chi connectivity index (χ1n) is 7.33. The number of carbonyl (C=O) groups is 1. The summed E-state index contributed by atoms with van der Waals surface area (Å²) in [6.07, 6.45) is 3.02. The Balaban J connectivity index is 0.00000220. The van der Waals surface area contributed by atoms with E-state index < -0.39 is 0 Å². The van der Waals surface area contributed by atoms with Crippen molar-refractivity contribution in [2.75, 3.05) is 18.4 Å². The van der Waals surface area contributed by atoms with Crippen LogP contribution in [-0.2, 0) is 4.79 Å². The van der Waals surface area contributed by atoms with Gasteiger partial charge in [0.25, 0.3) is 0 Å². The summed E-state index contributed by atoms with van der Waals surface area (Å²) >= 11 is 5.92. The average Bonchev–Trinajstić information content (AvgIpc) is 2.43. The molecule has 0 bridgehead atoms. The van der Waals surface area contributed by atoms with E-state index in [0.717, 1.165) is 24.3 Å². The van der Waals surface area contributed by atoms with Crippen LogP contribution in [0.3, 0.4) is 0 Å². The van der Waals surface area contributed by atoms with Gasteiger partial charge in [-0.1, -0.05) is 18.5 Å². The summed E-state index contributed by atoms with van der Waals surface area (Å²) in [5.41, 5.74) is 1.85. The van der Waals surface area contributed by atoms with Crippen LogP contribution < -0.4 is 10.6 Å². The molecule has 0 aromatic heterocycles. The molecule has 0 saturated carbocycles. The van der Waals surface area contributed by atoms with Crippen LogP contribution in [-0.4, -0.2) is 19.0 Å². The molecular weight excluding hydrogens is 307 g/mol. The van der Waals surface area contributed by atoms with Crippen LogP contribution in [0.15, 0.2) is 18.2 Å². The lowest BCUT2D eigenvalue weighted by molar-refractivity contribution is -0.117. The summed E-state index contributed by atoms with van der Waals surface area (Å²) in [7, 11) is 0. The van der Waals surface area contributed by atoms with Crippen LogP contribution >= 0.6 is 24.0 Å². The van der Waals surface area contributed by atoms with Crippen LogP contribution in [0.5, 0.6) is 0 Å². The quantitative estimate of drug-likeness (QED) is 0.874. The van der Waals surface area contributed by atoms with Gasteiger partial charge in [0, 0.05) is 17.1 Å². The van der Waals surface area contributed by atoms with Crippen LogP contribution in [0.1, 0.15) is 31.7 Å². The Morgan fingerprint density at radius 3 is 2.90 bits per heavy atom. The van der Waals surface area contributed by atoms with Crippen LogP contribution in [0.2, 0.25) is 5.02 Å². The van der Waals surface area contributed by atoms with Crippen molar-refractivity contribution in [3.05, 3.63) is 28.8 Å². The number of nitrogens with one attached hydrogen (secondary N) is 2. The number of carbonyl (C=O) groups excluding carboxylic acids is 1. The van der Waals surface area contributed by atoms with Crippen LogP contribution in [0.25, 0.3) is 0 Å². The van der Waals surface area contributed by atoms with E-state index in [1.807, 2.05) is 19.1 Å². The van der Waals surface area contributed by atoms with Crippen molar-refractivity contribution in [2.24, 2.45) is 11.8 Å². The summed E-state index contributed by atoms with van der Waals surface area (Å²) in [4.78, 5) is 12.1. The summed E-state index contributed by atoms with van der Waals surface area (Å²) < 4.78 is 0. The number of rotatable bonds is 4. The Morgan fingerprint density at radius 1 is 1.52 bits per heavy atom. The molecule has 0 spiro atoms. The molecule has 2 rings (SSSR count). The molecule has 1 aliphatic heterocycles. The van der Waals surface area contributed by atoms with E-state index in [4.69, 9.17) is 11.6 Å². The van der Waals surface area contributed by atoms with Gasteiger partial charge in [-0.25, -0.2) is 0 Å². The van der Waals surface area contributed by atoms with E-state index in [2.05, 4.69) is 17.6 Å². The van der Waals surface area contributed by atoms with E-state index in [0.29, 0.717) is 23.3 Å². The van der Waals surface area contributed by atoms with Gasteiger partial charge >= 0.3 is 0 Å². The van der Waals surface area contributed by atoms with Crippen molar-refractivity contribution in [3.63, 3.8) is 0 Å². The van der Waals surface area contributed by atoms with Crippen molar-refractivity contribution >= 4 is 35.6 Å². The van der Waals surface area contributed by atoms with Gasteiger partial charge in [-0.2, -0.15) is 0 Å². The first kappa shape index (κ1) is 18.3. The maximum Gasteiger partial charge on any atom is 0.224 e. The average molecular weight is 331 g/mol. The lowest BCUT2D eigenvalue weighted by atomic mass is 9.85. The minimum Gasteiger partial charge on any atom is -0.326 e. The van der Waals surface area contributed by atoms with Crippen molar-refractivity contribution in [1.29, 1.82) is 0 Å². The van der Waals surface area contributed by atoms with E-state index >= 15 is 0 Å². The lowest BCUT2D eigenvalue weighted by Gasteiger charge is -2.28. The first-order valence-corrected chi connectivity index (χ1v) is 7.71. The third-order valence-electron chi connectivity index (χ3n) is 4.11. The fraction of sp³-hybridized carbons (Fsp3) is 0.562. The number of anilines is 1. The number of amides is 1. The van der Waals surface area contributed by atoms with E-state index in [1.54, 1.807) is 6.07 Å².